The van der Waals surface area contributed by atoms with Crippen molar-refractivity contribution in [3.8, 4) is 11.5 Å². The van der Waals surface area contributed by atoms with E-state index in [-0.39, 0.29) is 47.0 Å². The van der Waals surface area contributed by atoms with Crippen LogP contribution in [-0.4, -0.2) is 23.5 Å². The molecular weight excluding hydrogens is 429 g/mol. The third-order valence-electron chi connectivity index (χ3n) is 3.66. The number of hydrogen-bond acceptors (Lipinski definition) is 6. The van der Waals surface area contributed by atoms with E-state index < -0.39 is 22.6 Å². The molecule has 7 nitrogen and oxygen atoms in total. The van der Waals surface area contributed by atoms with Crippen LogP contribution < -0.4 is 10.1 Å². The molecule has 2 rings (SSSR count). The van der Waals surface area contributed by atoms with Crippen LogP contribution in [-0.2, 0) is 15.7 Å². The molecule has 0 spiro atoms. The molecule has 1 N–H and O–H groups in total. The summed E-state index contributed by atoms with van der Waals surface area (Å²) < 4.78 is 48.7. The largest absolute Gasteiger partial charge is 0.463 e. The molecular formula is C19H18ClF3N2O5. The highest BCUT2D eigenvalue weighted by atomic mass is 35.5. The van der Waals surface area contributed by atoms with Gasteiger partial charge in [-0.2, -0.15) is 13.2 Å². The topological polar surface area (TPSA) is 90.7 Å². The fraction of sp³-hybridized carbons (Fsp3) is 0.316. The van der Waals surface area contributed by atoms with Gasteiger partial charge in [0.2, 0.25) is 0 Å². The Hall–Kier alpha value is -3.01. The number of halogens is 4. The van der Waals surface area contributed by atoms with Crippen molar-refractivity contribution in [2.45, 2.75) is 32.5 Å². The van der Waals surface area contributed by atoms with Gasteiger partial charge < -0.3 is 14.8 Å². The van der Waals surface area contributed by atoms with E-state index in [9.17, 15) is 28.1 Å². The monoisotopic (exact) mass is 446 g/mol. The van der Waals surface area contributed by atoms with Crippen LogP contribution in [0.4, 0.5) is 24.5 Å². The molecule has 0 saturated heterocycles. The Morgan fingerprint density at radius 1 is 1.23 bits per heavy atom. The molecule has 0 heterocycles. The zero-order valence-corrected chi connectivity index (χ0v) is 16.7. The Kier molecular flexibility index (Phi) is 7.49. The average Bonchev–Trinajstić information content (AvgIpc) is 2.62. The molecule has 30 heavy (non-hydrogen) atoms. The van der Waals surface area contributed by atoms with Gasteiger partial charge in [-0.25, -0.2) is 0 Å². The summed E-state index contributed by atoms with van der Waals surface area (Å²) in [6.45, 7) is 3.46. The number of rotatable bonds is 8. The minimum atomic E-state index is -4.55. The van der Waals surface area contributed by atoms with Gasteiger partial charge >= 0.3 is 12.1 Å². The highest BCUT2D eigenvalue weighted by molar-refractivity contribution is 6.32. The first kappa shape index (κ1) is 23.3. The second kappa shape index (κ2) is 9.66. The molecule has 0 fully saturated rings. The SMILES string of the molecule is CC(C)OC(=O)CCNc1cc(Oc2ccc(C(F)(F)F)cc2Cl)ccc1[N+](=O)[O-]. The van der Waals surface area contributed by atoms with Gasteiger partial charge in [-0.15, -0.1) is 0 Å². The first-order valence-corrected chi connectivity index (χ1v) is 9.11. The van der Waals surface area contributed by atoms with Gasteiger partial charge in [-0.3, -0.25) is 14.9 Å². The van der Waals surface area contributed by atoms with E-state index in [1.807, 2.05) is 0 Å². The molecule has 0 aliphatic carbocycles. The lowest BCUT2D eigenvalue weighted by Crippen LogP contribution is -2.15. The molecule has 0 saturated carbocycles. The Bertz CT molecular complexity index is 935. The fourth-order valence-corrected chi connectivity index (χ4v) is 2.61. The summed E-state index contributed by atoms with van der Waals surface area (Å²) in [5.74, 6) is -0.413. The first-order valence-electron chi connectivity index (χ1n) is 8.73. The Morgan fingerprint density at radius 2 is 1.93 bits per heavy atom. The van der Waals surface area contributed by atoms with Crippen LogP contribution in [0.3, 0.4) is 0 Å². The zero-order chi connectivity index (χ0) is 22.5. The summed E-state index contributed by atoms with van der Waals surface area (Å²) in [7, 11) is 0. The number of nitro benzene ring substituents is 1. The van der Waals surface area contributed by atoms with E-state index in [1.165, 1.54) is 18.2 Å². The summed E-state index contributed by atoms with van der Waals surface area (Å²) in [4.78, 5) is 22.2. The smallest absolute Gasteiger partial charge is 0.416 e. The van der Waals surface area contributed by atoms with Crippen LogP contribution in [0, 0.1) is 10.1 Å². The maximum Gasteiger partial charge on any atom is 0.416 e. The molecule has 2 aromatic rings. The van der Waals surface area contributed by atoms with Gasteiger partial charge in [0.05, 0.1) is 28.0 Å². The summed E-state index contributed by atoms with van der Waals surface area (Å²) >= 11 is 5.87. The summed E-state index contributed by atoms with van der Waals surface area (Å²) in [6.07, 6.45) is -4.86. The Labute approximate surface area is 174 Å². The van der Waals surface area contributed by atoms with Gasteiger partial charge in [0.1, 0.15) is 17.2 Å². The van der Waals surface area contributed by atoms with Crippen molar-refractivity contribution in [1.82, 2.24) is 0 Å². The van der Waals surface area contributed by atoms with E-state index in [4.69, 9.17) is 21.1 Å². The zero-order valence-electron chi connectivity index (χ0n) is 16.0. The predicted molar refractivity (Wildman–Crippen MR) is 104 cm³/mol. The average molecular weight is 447 g/mol. The molecule has 0 bridgehead atoms. The Morgan fingerprint density at radius 3 is 2.50 bits per heavy atom. The van der Waals surface area contributed by atoms with Gasteiger partial charge in [-0.1, -0.05) is 11.6 Å². The lowest BCUT2D eigenvalue weighted by atomic mass is 10.2. The van der Waals surface area contributed by atoms with Crippen LogP contribution >= 0.6 is 11.6 Å². The van der Waals surface area contributed by atoms with E-state index in [0.29, 0.717) is 0 Å². The molecule has 0 aliphatic heterocycles. The van der Waals surface area contributed by atoms with E-state index >= 15 is 0 Å². The van der Waals surface area contributed by atoms with E-state index in [1.54, 1.807) is 13.8 Å². The van der Waals surface area contributed by atoms with Crippen molar-refractivity contribution in [3.05, 3.63) is 57.1 Å². The van der Waals surface area contributed by atoms with Gasteiger partial charge in [0, 0.05) is 18.7 Å². The molecule has 0 aromatic heterocycles. The standard InChI is InChI=1S/C19H18ClF3N2O5/c1-11(2)29-18(26)7-8-24-15-10-13(4-5-16(15)25(27)28)30-17-6-3-12(9-14(17)20)19(21,22)23/h3-6,9-11,24H,7-8H2,1-2H3. The highest BCUT2D eigenvalue weighted by Crippen LogP contribution is 2.37. The molecule has 0 atom stereocenters. The number of nitrogens with zero attached hydrogens (tertiary/aromatic N) is 1. The number of nitro groups is 1. The highest BCUT2D eigenvalue weighted by Gasteiger charge is 2.31. The van der Waals surface area contributed by atoms with Gasteiger partial charge in [0.15, 0.2) is 0 Å². The normalized spacial score (nSPS) is 11.3. The van der Waals surface area contributed by atoms with Crippen LogP contribution in [0.1, 0.15) is 25.8 Å². The van der Waals surface area contributed by atoms with Crippen LogP contribution in [0.25, 0.3) is 0 Å². The predicted octanol–water partition coefficient (Wildman–Crippen LogP) is 5.81. The van der Waals surface area contributed by atoms with E-state index in [0.717, 1.165) is 18.2 Å². The summed E-state index contributed by atoms with van der Waals surface area (Å²) in [5.41, 5.74) is -1.13. The lowest BCUT2D eigenvalue weighted by molar-refractivity contribution is -0.384. The van der Waals surface area contributed by atoms with E-state index in [2.05, 4.69) is 5.32 Å². The number of carbonyl (C=O) groups excluding carboxylic acids is 1. The number of nitrogens with one attached hydrogen (secondary N) is 1. The number of hydrogen-bond donors (Lipinski definition) is 1. The second-order valence-corrected chi connectivity index (χ2v) is 6.80. The van der Waals surface area contributed by atoms with Crippen molar-refractivity contribution < 1.29 is 32.4 Å². The summed E-state index contributed by atoms with van der Waals surface area (Å²) in [6, 6.07) is 6.34. The number of esters is 1. The van der Waals surface area contributed by atoms with Crippen LogP contribution in [0.5, 0.6) is 11.5 Å². The lowest BCUT2D eigenvalue weighted by Gasteiger charge is -2.13. The second-order valence-electron chi connectivity index (χ2n) is 6.40. The quantitative estimate of drug-likeness (QED) is 0.312. The minimum Gasteiger partial charge on any atom is -0.463 e. The third-order valence-corrected chi connectivity index (χ3v) is 3.96. The molecule has 162 valence electrons. The third kappa shape index (κ3) is 6.51. The number of benzene rings is 2. The fourth-order valence-electron chi connectivity index (χ4n) is 2.39. The van der Waals surface area contributed by atoms with Crippen LogP contribution in [0.2, 0.25) is 5.02 Å². The van der Waals surface area contributed by atoms with Crippen molar-refractivity contribution in [3.63, 3.8) is 0 Å². The maximum absolute atomic E-state index is 12.7. The van der Waals surface area contributed by atoms with Gasteiger partial charge in [-0.05, 0) is 38.1 Å². The molecule has 0 aliphatic rings. The van der Waals surface area contributed by atoms with Crippen molar-refractivity contribution >= 4 is 28.9 Å². The number of anilines is 1. The first-order chi connectivity index (χ1) is 14.0. The van der Waals surface area contributed by atoms with Crippen LogP contribution in [0.15, 0.2) is 36.4 Å². The summed E-state index contributed by atoms with van der Waals surface area (Å²) in [5, 5.41) is 13.7. The van der Waals surface area contributed by atoms with Crippen molar-refractivity contribution in [2.24, 2.45) is 0 Å². The van der Waals surface area contributed by atoms with Crippen molar-refractivity contribution in [2.75, 3.05) is 11.9 Å². The van der Waals surface area contributed by atoms with Crippen molar-refractivity contribution in [1.29, 1.82) is 0 Å². The molecule has 0 unspecified atom stereocenters. The maximum atomic E-state index is 12.7. The minimum absolute atomic E-state index is 0.0227. The van der Waals surface area contributed by atoms with Gasteiger partial charge in [0.25, 0.3) is 5.69 Å². The molecule has 0 amide bonds. The number of carbonyl (C=O) groups is 1. The molecule has 0 radical (unpaired) electrons. The number of alkyl halides is 3. The number of ether oxygens (including phenoxy) is 2. The Balaban J connectivity index is 2.17. The molecule has 2 aromatic carbocycles. The molecule has 11 heteroatoms.